The quantitative estimate of drug-likeness (QED) is 0.637. The number of fused-ring (bicyclic) bond motifs is 1. The first kappa shape index (κ1) is 8.57. The van der Waals surface area contributed by atoms with Crippen molar-refractivity contribution in [3.8, 4) is 0 Å². The highest BCUT2D eigenvalue weighted by Crippen LogP contribution is 2.32. The molecule has 0 radical (unpaired) electrons. The molecule has 0 saturated heterocycles. The number of hydrogen-bond donors (Lipinski definition) is 2. The van der Waals surface area contributed by atoms with Crippen molar-refractivity contribution in [2.75, 3.05) is 5.32 Å². The molecule has 0 amide bonds. The van der Waals surface area contributed by atoms with Crippen LogP contribution in [0.4, 0.5) is 5.69 Å². The van der Waals surface area contributed by atoms with Crippen LogP contribution in [-0.4, -0.2) is 11.1 Å². The molecular formula is C11H15NO. The van der Waals surface area contributed by atoms with Gasteiger partial charge in [-0.25, -0.2) is 0 Å². The fraction of sp³-hybridized carbons (Fsp3) is 0.455. The molecule has 0 fully saturated rings. The maximum Gasteiger partial charge on any atom is 0.0829 e. The highest BCUT2D eigenvalue weighted by Gasteiger charge is 2.21. The number of rotatable bonds is 0. The summed E-state index contributed by atoms with van der Waals surface area (Å²) in [6.07, 6.45) is 0.502. The van der Waals surface area contributed by atoms with E-state index in [1.807, 2.05) is 12.1 Å². The molecule has 0 aromatic heterocycles. The molecule has 1 aromatic carbocycles. The Bertz CT molecular complexity index is 322. The third-order valence-electron chi connectivity index (χ3n) is 2.55. The summed E-state index contributed by atoms with van der Waals surface area (Å²) < 4.78 is 0. The summed E-state index contributed by atoms with van der Waals surface area (Å²) >= 11 is 0. The molecule has 2 rings (SSSR count). The van der Waals surface area contributed by atoms with Crippen molar-refractivity contribution in [2.45, 2.75) is 32.4 Å². The summed E-state index contributed by atoms with van der Waals surface area (Å²) in [5, 5.41) is 13.2. The summed E-state index contributed by atoms with van der Waals surface area (Å²) in [5.41, 5.74) is 3.35. The second-order valence-corrected chi connectivity index (χ2v) is 3.89. The van der Waals surface area contributed by atoms with Gasteiger partial charge >= 0.3 is 0 Å². The topological polar surface area (TPSA) is 32.3 Å². The van der Waals surface area contributed by atoms with Crippen molar-refractivity contribution in [1.82, 2.24) is 0 Å². The predicted molar refractivity (Wildman–Crippen MR) is 53.8 cm³/mol. The zero-order valence-corrected chi connectivity index (χ0v) is 8.04. The highest BCUT2D eigenvalue weighted by atomic mass is 16.3. The highest BCUT2D eigenvalue weighted by molar-refractivity contribution is 5.56. The Morgan fingerprint density at radius 3 is 3.00 bits per heavy atom. The average molecular weight is 177 g/mol. The van der Waals surface area contributed by atoms with Crippen LogP contribution in [-0.2, 0) is 0 Å². The molecule has 0 aliphatic carbocycles. The number of hydrogen-bond acceptors (Lipinski definition) is 2. The number of nitrogens with one attached hydrogen (secondary N) is 1. The molecule has 0 saturated carbocycles. The zero-order chi connectivity index (χ0) is 9.42. The number of aliphatic hydroxyl groups is 1. The van der Waals surface area contributed by atoms with Crippen LogP contribution in [0.15, 0.2) is 18.2 Å². The van der Waals surface area contributed by atoms with Crippen LogP contribution >= 0.6 is 0 Å². The number of benzene rings is 1. The van der Waals surface area contributed by atoms with Gasteiger partial charge in [-0.2, -0.15) is 0 Å². The van der Waals surface area contributed by atoms with Crippen LogP contribution in [0.5, 0.6) is 0 Å². The molecule has 2 heteroatoms. The van der Waals surface area contributed by atoms with Gasteiger partial charge in [0, 0.05) is 17.3 Å². The smallest absolute Gasteiger partial charge is 0.0829 e. The Morgan fingerprint density at radius 1 is 1.46 bits per heavy atom. The molecule has 1 heterocycles. The van der Waals surface area contributed by atoms with Crippen LogP contribution in [0.2, 0.25) is 0 Å². The van der Waals surface area contributed by atoms with Gasteiger partial charge in [0.25, 0.3) is 0 Å². The first-order valence-electron chi connectivity index (χ1n) is 4.72. The molecule has 1 aliphatic heterocycles. The minimum absolute atomic E-state index is 0.299. The van der Waals surface area contributed by atoms with Crippen molar-refractivity contribution >= 4 is 5.69 Å². The Labute approximate surface area is 78.6 Å². The summed E-state index contributed by atoms with van der Waals surface area (Å²) in [4.78, 5) is 0. The lowest BCUT2D eigenvalue weighted by Gasteiger charge is -2.28. The fourth-order valence-corrected chi connectivity index (χ4v) is 1.87. The Balaban J connectivity index is 2.43. The third kappa shape index (κ3) is 1.54. The predicted octanol–water partition coefficient (Wildman–Crippen LogP) is 2.23. The van der Waals surface area contributed by atoms with Crippen LogP contribution < -0.4 is 5.32 Å². The van der Waals surface area contributed by atoms with E-state index in [2.05, 4.69) is 25.2 Å². The maximum atomic E-state index is 9.78. The first-order valence-corrected chi connectivity index (χ1v) is 4.72. The van der Waals surface area contributed by atoms with Crippen molar-refractivity contribution < 1.29 is 5.11 Å². The average Bonchev–Trinajstić information content (AvgIpc) is 2.02. The van der Waals surface area contributed by atoms with E-state index in [0.717, 1.165) is 17.7 Å². The number of aliphatic hydroxyl groups excluding tert-OH is 1. The molecule has 1 aromatic rings. The molecule has 0 bridgehead atoms. The van der Waals surface area contributed by atoms with Crippen molar-refractivity contribution in [3.63, 3.8) is 0 Å². The van der Waals surface area contributed by atoms with Crippen LogP contribution in [0.1, 0.15) is 30.6 Å². The Hall–Kier alpha value is -1.02. The normalized spacial score (nSPS) is 26.4. The molecule has 2 nitrogen and oxygen atoms in total. The van der Waals surface area contributed by atoms with E-state index in [1.54, 1.807) is 0 Å². The zero-order valence-electron chi connectivity index (χ0n) is 8.04. The largest absolute Gasteiger partial charge is 0.388 e. The van der Waals surface area contributed by atoms with E-state index in [9.17, 15) is 5.11 Å². The van der Waals surface area contributed by atoms with E-state index < -0.39 is 0 Å². The lowest BCUT2D eigenvalue weighted by atomic mass is 9.95. The SMILES string of the molecule is Cc1ccc2c(c1)NC(C)CC2O. The molecule has 2 atom stereocenters. The Kier molecular flexibility index (Phi) is 2.00. The molecule has 70 valence electrons. The van der Waals surface area contributed by atoms with Gasteiger partial charge < -0.3 is 10.4 Å². The summed E-state index contributed by atoms with van der Waals surface area (Å²) in [6.45, 7) is 4.15. The molecule has 13 heavy (non-hydrogen) atoms. The molecule has 1 aliphatic rings. The third-order valence-corrected chi connectivity index (χ3v) is 2.55. The Morgan fingerprint density at radius 2 is 2.23 bits per heavy atom. The minimum atomic E-state index is -0.299. The maximum absolute atomic E-state index is 9.78. The molecule has 2 unspecified atom stereocenters. The van der Waals surface area contributed by atoms with Crippen LogP contribution in [0.25, 0.3) is 0 Å². The molecular weight excluding hydrogens is 162 g/mol. The van der Waals surface area contributed by atoms with Gasteiger partial charge in [0.1, 0.15) is 0 Å². The summed E-state index contributed by atoms with van der Waals surface area (Å²) in [5.74, 6) is 0. The van der Waals surface area contributed by atoms with E-state index in [1.165, 1.54) is 5.56 Å². The van der Waals surface area contributed by atoms with Gasteiger partial charge in [0.05, 0.1) is 6.10 Å². The van der Waals surface area contributed by atoms with Gasteiger partial charge in [0.2, 0.25) is 0 Å². The molecule has 0 spiro atoms. The lowest BCUT2D eigenvalue weighted by molar-refractivity contribution is 0.158. The van der Waals surface area contributed by atoms with Crippen LogP contribution in [0.3, 0.4) is 0 Å². The minimum Gasteiger partial charge on any atom is -0.388 e. The van der Waals surface area contributed by atoms with Gasteiger partial charge in [0.15, 0.2) is 0 Å². The molecule has 2 N–H and O–H groups in total. The van der Waals surface area contributed by atoms with Crippen molar-refractivity contribution in [3.05, 3.63) is 29.3 Å². The lowest BCUT2D eigenvalue weighted by Crippen LogP contribution is -2.25. The van der Waals surface area contributed by atoms with Gasteiger partial charge in [-0.15, -0.1) is 0 Å². The fourth-order valence-electron chi connectivity index (χ4n) is 1.87. The van der Waals surface area contributed by atoms with Gasteiger partial charge in [-0.1, -0.05) is 12.1 Å². The van der Waals surface area contributed by atoms with E-state index in [4.69, 9.17) is 0 Å². The first-order chi connectivity index (χ1) is 6.16. The van der Waals surface area contributed by atoms with E-state index in [-0.39, 0.29) is 6.10 Å². The number of anilines is 1. The summed E-state index contributed by atoms with van der Waals surface area (Å²) in [7, 11) is 0. The van der Waals surface area contributed by atoms with Crippen molar-refractivity contribution in [1.29, 1.82) is 0 Å². The van der Waals surface area contributed by atoms with Gasteiger partial charge in [-0.05, 0) is 31.9 Å². The number of aryl methyl sites for hydroxylation is 1. The van der Waals surface area contributed by atoms with E-state index >= 15 is 0 Å². The monoisotopic (exact) mass is 177 g/mol. The second-order valence-electron chi connectivity index (χ2n) is 3.89. The standard InChI is InChI=1S/C11H15NO/c1-7-3-4-9-10(5-7)12-8(2)6-11(9)13/h3-5,8,11-13H,6H2,1-2H3. The van der Waals surface area contributed by atoms with E-state index in [0.29, 0.717) is 6.04 Å². The second kappa shape index (κ2) is 3.04. The summed E-state index contributed by atoms with van der Waals surface area (Å²) in [6, 6.07) is 6.51. The van der Waals surface area contributed by atoms with Gasteiger partial charge in [-0.3, -0.25) is 0 Å². The van der Waals surface area contributed by atoms with Crippen LogP contribution in [0, 0.1) is 6.92 Å². The van der Waals surface area contributed by atoms with Crippen molar-refractivity contribution in [2.24, 2.45) is 0 Å².